The third-order valence-electron chi connectivity index (χ3n) is 11.7. The summed E-state index contributed by atoms with van der Waals surface area (Å²) in [6.07, 6.45) is 5.05. The lowest BCUT2D eigenvalue weighted by atomic mass is 9.86. The summed E-state index contributed by atoms with van der Waals surface area (Å²) in [5, 5.41) is 2.73. The molecule has 2 aromatic carbocycles. The summed E-state index contributed by atoms with van der Waals surface area (Å²) >= 11 is 0. The maximum absolute atomic E-state index is 13.8. The van der Waals surface area contributed by atoms with Gasteiger partial charge in [-0.25, -0.2) is 19.6 Å². The van der Waals surface area contributed by atoms with Crippen LogP contribution in [-0.4, -0.2) is 79.2 Å². The van der Waals surface area contributed by atoms with E-state index in [4.69, 9.17) is 24.2 Å². The highest BCUT2D eigenvalue weighted by Crippen LogP contribution is 2.46. The fraction of sp³-hybridized carbons (Fsp3) is 0.512. The zero-order valence-corrected chi connectivity index (χ0v) is 33.6. The number of hydrogen-bond acceptors (Lipinski definition) is 8. The number of hydrogen-bond donors (Lipinski definition) is 3. The summed E-state index contributed by atoms with van der Waals surface area (Å²) in [6.45, 7) is 14.8. The van der Waals surface area contributed by atoms with Crippen LogP contribution in [-0.2, 0) is 33.7 Å². The Hall–Kier alpha value is -5.33. The third kappa shape index (κ3) is 6.89. The van der Waals surface area contributed by atoms with Crippen molar-refractivity contribution in [2.45, 2.75) is 117 Å². The number of aromatic nitrogens is 4. The van der Waals surface area contributed by atoms with E-state index >= 15 is 0 Å². The van der Waals surface area contributed by atoms with Crippen LogP contribution in [0.25, 0.3) is 33.6 Å². The van der Waals surface area contributed by atoms with E-state index in [1.807, 2.05) is 57.5 Å². The Morgan fingerprint density at radius 3 is 2.52 bits per heavy atom. The number of benzene rings is 2. The molecule has 4 aromatic rings. The van der Waals surface area contributed by atoms with Crippen molar-refractivity contribution in [2.24, 2.45) is 11.8 Å². The molecule has 2 fully saturated rings. The topological polar surface area (TPSA) is 155 Å². The van der Waals surface area contributed by atoms with E-state index < -0.39 is 17.7 Å². The number of fused-ring (bicyclic) bond motifs is 6. The van der Waals surface area contributed by atoms with Crippen molar-refractivity contribution in [3.63, 3.8) is 0 Å². The number of carbonyl (C=O) groups excluding carboxylic acids is 3. The highest BCUT2D eigenvalue weighted by Gasteiger charge is 2.42. The van der Waals surface area contributed by atoms with Crippen LogP contribution in [0.1, 0.15) is 108 Å². The molecule has 3 amide bonds. The van der Waals surface area contributed by atoms with Crippen molar-refractivity contribution < 1.29 is 28.6 Å². The third-order valence-corrected chi connectivity index (χ3v) is 11.7. The van der Waals surface area contributed by atoms with Crippen LogP contribution in [0.15, 0.2) is 36.5 Å². The zero-order chi connectivity index (χ0) is 39.6. The van der Waals surface area contributed by atoms with Crippen LogP contribution in [0.3, 0.4) is 0 Å². The molecule has 296 valence electrons. The largest absolute Gasteiger partial charge is 0.488 e. The second kappa shape index (κ2) is 14.3. The predicted octanol–water partition coefficient (Wildman–Crippen LogP) is 7.88. The number of H-pyrrole nitrogens is 2. The molecule has 0 bridgehead atoms. The molecular weight excluding hydrogens is 711 g/mol. The molecule has 2 aromatic heterocycles. The van der Waals surface area contributed by atoms with Crippen LogP contribution in [0.5, 0.6) is 5.75 Å². The fourth-order valence-electron chi connectivity index (χ4n) is 8.90. The molecule has 8 rings (SSSR count). The quantitative estimate of drug-likeness (QED) is 0.179. The zero-order valence-electron chi connectivity index (χ0n) is 33.6. The molecule has 56 heavy (non-hydrogen) atoms. The molecule has 2 saturated heterocycles. The number of ether oxygens (including phenoxy) is 3. The van der Waals surface area contributed by atoms with Gasteiger partial charge in [-0.1, -0.05) is 32.9 Å². The van der Waals surface area contributed by atoms with E-state index in [0.29, 0.717) is 19.1 Å². The summed E-state index contributed by atoms with van der Waals surface area (Å²) in [4.78, 5) is 59.8. The molecule has 5 atom stereocenters. The molecule has 5 heterocycles. The molecule has 1 aliphatic carbocycles. The Labute approximate surface area is 327 Å². The van der Waals surface area contributed by atoms with Gasteiger partial charge in [-0.15, -0.1) is 0 Å². The van der Waals surface area contributed by atoms with Crippen molar-refractivity contribution in [1.29, 1.82) is 0 Å². The maximum atomic E-state index is 13.8. The van der Waals surface area contributed by atoms with Gasteiger partial charge < -0.3 is 34.4 Å². The summed E-state index contributed by atoms with van der Waals surface area (Å²) in [7, 11) is 1.30. The van der Waals surface area contributed by atoms with Gasteiger partial charge in [0, 0.05) is 29.4 Å². The monoisotopic (exact) mass is 763 g/mol. The average Bonchev–Trinajstić information content (AvgIpc) is 3.97. The maximum Gasteiger partial charge on any atom is 0.410 e. The minimum atomic E-state index is -0.703. The molecule has 4 aliphatic rings. The van der Waals surface area contributed by atoms with Crippen molar-refractivity contribution >= 4 is 18.1 Å². The number of aromatic amines is 2. The van der Waals surface area contributed by atoms with Crippen molar-refractivity contribution in [3.05, 3.63) is 65.0 Å². The molecule has 1 unspecified atom stereocenters. The number of methoxy groups -OCH3 is 1. The number of alkyl carbamates (subject to hydrolysis) is 1. The minimum absolute atomic E-state index is 0.000701. The van der Waals surface area contributed by atoms with Gasteiger partial charge in [0.15, 0.2) is 0 Å². The lowest BCUT2D eigenvalue weighted by molar-refractivity contribution is -0.137. The van der Waals surface area contributed by atoms with E-state index in [1.165, 1.54) is 12.7 Å². The van der Waals surface area contributed by atoms with Crippen LogP contribution in [0.4, 0.5) is 9.59 Å². The number of likely N-dealkylation sites (tertiary alicyclic amines) is 2. The second-order valence-corrected chi connectivity index (χ2v) is 17.3. The average molecular weight is 764 g/mol. The molecule has 0 saturated carbocycles. The lowest BCUT2D eigenvalue weighted by Gasteiger charge is -2.32. The summed E-state index contributed by atoms with van der Waals surface area (Å²) in [5.74, 6) is 2.46. The first-order chi connectivity index (χ1) is 26.7. The number of carbonyl (C=O) groups is 3. The minimum Gasteiger partial charge on any atom is -0.488 e. The highest BCUT2D eigenvalue weighted by molar-refractivity contribution is 5.87. The molecule has 0 spiro atoms. The van der Waals surface area contributed by atoms with Gasteiger partial charge in [-0.3, -0.25) is 9.69 Å². The molecule has 13 heteroatoms. The summed E-state index contributed by atoms with van der Waals surface area (Å²) in [5.41, 5.74) is 8.89. The SMILES string of the molecule is COC(=O)N[C@H](C(=O)N1C(C)CC[C@H]1c1ncc(-c2ccc3c(c2)COc2cc4c(cc2-3)CCc2[nH]c([C@@H]3C[C@H](C)CN3C(=O)OC(C)(C)C)nc2-4)[nH]1)C(C)C. The van der Waals surface area contributed by atoms with Crippen molar-refractivity contribution in [3.8, 4) is 39.4 Å². The Morgan fingerprint density at radius 2 is 1.77 bits per heavy atom. The lowest BCUT2D eigenvalue weighted by Crippen LogP contribution is -2.52. The predicted molar refractivity (Wildman–Crippen MR) is 211 cm³/mol. The standard InChI is InChI=1S/C43H53N7O6/c1-22(2)36(48-41(52)54-8)40(51)50-24(4)9-14-33(50)38-44-19-32(46-38)26-10-12-28-27(16-26)21-55-35-18-29-25(17-30(28)35)11-13-31-37(29)47-39(45-31)34-15-23(3)20-49(34)42(53)56-43(5,6)7/h10,12,16-19,22-24,33-34,36H,9,11,13-15,20-21H2,1-8H3,(H,44,46)(H,45,47)(H,48,52)/t23-,24?,33-,34-,36-/m0/s1. The van der Waals surface area contributed by atoms with Gasteiger partial charge in [-0.2, -0.15) is 0 Å². The molecule has 13 nitrogen and oxygen atoms in total. The van der Waals surface area contributed by atoms with Crippen LogP contribution in [0, 0.1) is 11.8 Å². The van der Waals surface area contributed by atoms with Gasteiger partial charge >= 0.3 is 12.2 Å². The number of nitrogens with one attached hydrogen (secondary N) is 3. The normalized spacial score (nSPS) is 21.8. The number of nitrogens with zero attached hydrogens (tertiary/aromatic N) is 4. The second-order valence-electron chi connectivity index (χ2n) is 17.3. The summed E-state index contributed by atoms with van der Waals surface area (Å²) < 4.78 is 17.0. The first kappa shape index (κ1) is 37.6. The molecular formula is C43H53N7O6. The van der Waals surface area contributed by atoms with Gasteiger partial charge in [0.1, 0.15) is 35.6 Å². The van der Waals surface area contributed by atoms with Gasteiger partial charge in [0.2, 0.25) is 5.91 Å². The van der Waals surface area contributed by atoms with Gasteiger partial charge in [0.25, 0.3) is 0 Å². The fourth-order valence-corrected chi connectivity index (χ4v) is 8.90. The van der Waals surface area contributed by atoms with Crippen LogP contribution >= 0.6 is 0 Å². The Kier molecular flexibility index (Phi) is 9.61. The number of aryl methyl sites for hydroxylation is 2. The number of amides is 3. The van der Waals surface area contributed by atoms with E-state index in [-0.39, 0.29) is 36.0 Å². The smallest absolute Gasteiger partial charge is 0.410 e. The first-order valence-electron chi connectivity index (χ1n) is 19.9. The Bertz CT molecular complexity index is 2180. The van der Waals surface area contributed by atoms with E-state index in [1.54, 1.807) is 0 Å². The number of imidazole rings is 2. The first-order valence-corrected chi connectivity index (χ1v) is 19.9. The number of rotatable bonds is 6. The molecule has 3 N–H and O–H groups in total. The van der Waals surface area contributed by atoms with E-state index in [0.717, 1.165) is 94.4 Å². The molecule has 3 aliphatic heterocycles. The van der Waals surface area contributed by atoms with Gasteiger partial charge in [0.05, 0.1) is 36.8 Å². The summed E-state index contributed by atoms with van der Waals surface area (Å²) in [6, 6.07) is 9.71. The Morgan fingerprint density at radius 1 is 0.964 bits per heavy atom. The van der Waals surface area contributed by atoms with Crippen molar-refractivity contribution in [2.75, 3.05) is 13.7 Å². The van der Waals surface area contributed by atoms with Crippen molar-refractivity contribution in [1.82, 2.24) is 35.1 Å². The van der Waals surface area contributed by atoms with Crippen LogP contribution < -0.4 is 10.1 Å². The highest BCUT2D eigenvalue weighted by atomic mass is 16.6. The van der Waals surface area contributed by atoms with E-state index in [2.05, 4.69) is 52.5 Å². The molecule has 0 radical (unpaired) electrons. The van der Waals surface area contributed by atoms with E-state index in [9.17, 15) is 14.4 Å². The van der Waals surface area contributed by atoms with Crippen LogP contribution in [0.2, 0.25) is 0 Å². The Balaban J connectivity index is 1.03. The van der Waals surface area contributed by atoms with Gasteiger partial charge in [-0.05, 0) is 112 Å².